The summed E-state index contributed by atoms with van der Waals surface area (Å²) in [4.78, 5) is 14.2. The van der Waals surface area contributed by atoms with E-state index in [0.29, 0.717) is 31.9 Å². The van der Waals surface area contributed by atoms with E-state index in [1.165, 1.54) is 0 Å². The Bertz CT molecular complexity index is 586. The molecular weight excluding hydrogens is 314 g/mol. The summed E-state index contributed by atoms with van der Waals surface area (Å²) in [5.74, 6) is 0.530. The van der Waals surface area contributed by atoms with Crippen LogP contribution < -0.4 is 10.6 Å². The van der Waals surface area contributed by atoms with E-state index in [0.717, 1.165) is 23.4 Å². The number of benzene rings is 1. The van der Waals surface area contributed by atoms with E-state index in [1.807, 2.05) is 0 Å². The van der Waals surface area contributed by atoms with Crippen LogP contribution in [-0.2, 0) is 22.0 Å². The Morgan fingerprint density at radius 2 is 1.52 bits per heavy atom. The van der Waals surface area contributed by atoms with E-state index in [2.05, 4.69) is 64.3 Å². The quantitative estimate of drug-likeness (QED) is 0.787. The van der Waals surface area contributed by atoms with Crippen LogP contribution in [0.5, 0.6) is 5.75 Å². The molecule has 1 fully saturated rings. The predicted molar refractivity (Wildman–Crippen MR) is 102 cm³/mol. The molecule has 0 bridgehead atoms. The van der Waals surface area contributed by atoms with Crippen LogP contribution in [0.3, 0.4) is 0 Å². The highest BCUT2D eigenvalue weighted by molar-refractivity contribution is 5.76. The van der Waals surface area contributed by atoms with Gasteiger partial charge < -0.3 is 10.0 Å². The Labute approximate surface area is 151 Å². The van der Waals surface area contributed by atoms with Crippen LogP contribution >= 0.6 is 0 Å². The second kappa shape index (κ2) is 7.34. The molecule has 3 N–H and O–H groups in total. The molecule has 25 heavy (non-hydrogen) atoms. The molecule has 2 rings (SSSR count). The summed E-state index contributed by atoms with van der Waals surface area (Å²) in [5, 5.41) is 17.1. The first-order chi connectivity index (χ1) is 11.5. The molecule has 1 aromatic rings. The van der Waals surface area contributed by atoms with Crippen molar-refractivity contribution in [3.05, 3.63) is 28.8 Å². The maximum Gasteiger partial charge on any atom is 0.224 e. The van der Waals surface area contributed by atoms with Crippen molar-refractivity contribution in [3.63, 3.8) is 0 Å². The Hall–Kier alpha value is -1.59. The van der Waals surface area contributed by atoms with Crippen molar-refractivity contribution in [1.82, 2.24) is 15.5 Å². The Kier molecular flexibility index (Phi) is 5.79. The lowest BCUT2D eigenvalue weighted by atomic mass is 9.78. The maximum atomic E-state index is 12.4. The first-order valence-electron chi connectivity index (χ1n) is 9.06. The number of aryl methyl sites for hydroxylation is 1. The number of hydrogen-bond acceptors (Lipinski definition) is 4. The highest BCUT2D eigenvalue weighted by Gasteiger charge is 2.26. The molecule has 1 saturated heterocycles. The molecule has 0 aliphatic carbocycles. The minimum atomic E-state index is -0.148. The summed E-state index contributed by atoms with van der Waals surface area (Å²) in [7, 11) is 0. The van der Waals surface area contributed by atoms with Crippen molar-refractivity contribution in [1.29, 1.82) is 0 Å². The fourth-order valence-corrected chi connectivity index (χ4v) is 3.09. The average molecular weight is 348 g/mol. The highest BCUT2D eigenvalue weighted by atomic mass is 16.3. The molecule has 0 saturated carbocycles. The lowest BCUT2D eigenvalue weighted by Gasteiger charge is -2.29. The number of nitrogens with zero attached hydrogens (tertiary/aromatic N) is 1. The molecule has 1 aliphatic rings. The summed E-state index contributed by atoms with van der Waals surface area (Å²) in [6, 6.07) is 4.12. The lowest BCUT2D eigenvalue weighted by molar-refractivity contribution is -0.132. The van der Waals surface area contributed by atoms with Gasteiger partial charge in [-0.2, -0.15) is 0 Å². The van der Waals surface area contributed by atoms with E-state index in [-0.39, 0.29) is 16.7 Å². The summed E-state index contributed by atoms with van der Waals surface area (Å²) in [6.07, 6.45) is 1.16. The van der Waals surface area contributed by atoms with Gasteiger partial charge in [-0.3, -0.25) is 15.4 Å². The number of nitrogens with one attached hydrogen (secondary N) is 2. The van der Waals surface area contributed by atoms with E-state index in [9.17, 15) is 9.90 Å². The van der Waals surface area contributed by atoms with Gasteiger partial charge in [-0.1, -0.05) is 53.7 Å². The van der Waals surface area contributed by atoms with E-state index in [1.54, 1.807) is 4.90 Å². The molecule has 0 spiro atoms. The zero-order valence-corrected chi connectivity index (χ0v) is 16.5. The summed E-state index contributed by atoms with van der Waals surface area (Å²) >= 11 is 0. The monoisotopic (exact) mass is 347 g/mol. The number of phenols is 1. The van der Waals surface area contributed by atoms with Gasteiger partial charge in [0.25, 0.3) is 0 Å². The summed E-state index contributed by atoms with van der Waals surface area (Å²) in [6.45, 7) is 14.6. The molecule has 5 nitrogen and oxygen atoms in total. The number of hydrogen-bond donors (Lipinski definition) is 3. The molecule has 0 unspecified atom stereocenters. The maximum absolute atomic E-state index is 12.4. The summed E-state index contributed by atoms with van der Waals surface area (Å²) < 4.78 is 0. The fourth-order valence-electron chi connectivity index (χ4n) is 3.09. The second-order valence-corrected chi connectivity index (χ2v) is 8.97. The largest absolute Gasteiger partial charge is 0.507 e. The number of rotatable bonds is 3. The van der Waals surface area contributed by atoms with Crippen LogP contribution in [0.25, 0.3) is 0 Å². The SMILES string of the molecule is CC(C)(C)c1cc(CCC(=O)N2CNCNC2)cc(C(C)(C)C)c1O. The number of phenolic OH excluding ortho intramolecular Hbond substituents is 1. The first kappa shape index (κ1) is 19.7. The van der Waals surface area contributed by atoms with Gasteiger partial charge in [0.1, 0.15) is 5.75 Å². The van der Waals surface area contributed by atoms with Crippen molar-refractivity contribution in [2.45, 2.75) is 65.2 Å². The first-order valence-corrected chi connectivity index (χ1v) is 9.06. The van der Waals surface area contributed by atoms with Crippen molar-refractivity contribution < 1.29 is 9.90 Å². The number of carbonyl (C=O) groups excluding carboxylic acids is 1. The van der Waals surface area contributed by atoms with Crippen LogP contribution in [0.4, 0.5) is 0 Å². The summed E-state index contributed by atoms with van der Waals surface area (Å²) in [5.41, 5.74) is 2.71. The molecule has 0 aromatic heterocycles. The topological polar surface area (TPSA) is 64.6 Å². The molecular formula is C20H33N3O2. The molecule has 1 aliphatic heterocycles. The normalized spacial score (nSPS) is 16.2. The van der Waals surface area contributed by atoms with Gasteiger partial charge in [0.15, 0.2) is 0 Å². The zero-order chi connectivity index (χ0) is 18.8. The van der Waals surface area contributed by atoms with Gasteiger partial charge in [-0.15, -0.1) is 0 Å². The smallest absolute Gasteiger partial charge is 0.224 e. The molecule has 1 aromatic carbocycles. The van der Waals surface area contributed by atoms with Gasteiger partial charge in [0, 0.05) is 13.1 Å². The number of carbonyl (C=O) groups is 1. The van der Waals surface area contributed by atoms with Gasteiger partial charge in [-0.25, -0.2) is 0 Å². The number of aromatic hydroxyl groups is 1. The molecule has 1 amide bonds. The highest BCUT2D eigenvalue weighted by Crippen LogP contribution is 2.39. The third kappa shape index (κ3) is 4.95. The van der Waals surface area contributed by atoms with Gasteiger partial charge in [-0.05, 0) is 33.9 Å². The minimum Gasteiger partial charge on any atom is -0.507 e. The average Bonchev–Trinajstić information content (AvgIpc) is 2.52. The fraction of sp³-hybridized carbons (Fsp3) is 0.650. The predicted octanol–water partition coefficient (Wildman–Crippen LogP) is 2.81. The zero-order valence-electron chi connectivity index (χ0n) is 16.5. The molecule has 0 radical (unpaired) electrons. The van der Waals surface area contributed by atoms with E-state index in [4.69, 9.17) is 0 Å². The Morgan fingerprint density at radius 1 is 1.04 bits per heavy atom. The van der Waals surface area contributed by atoms with Crippen molar-refractivity contribution >= 4 is 5.91 Å². The van der Waals surface area contributed by atoms with Crippen LogP contribution in [0.1, 0.15) is 64.7 Å². The second-order valence-electron chi connectivity index (χ2n) is 8.97. The van der Waals surface area contributed by atoms with Crippen molar-refractivity contribution in [2.75, 3.05) is 20.0 Å². The molecule has 140 valence electrons. The molecule has 1 heterocycles. The number of amides is 1. The molecule has 0 atom stereocenters. The van der Waals surface area contributed by atoms with Gasteiger partial charge in [0.05, 0.1) is 13.3 Å². The Morgan fingerprint density at radius 3 is 1.96 bits per heavy atom. The third-order valence-corrected chi connectivity index (χ3v) is 4.62. The standard InChI is InChI=1S/C20H33N3O2/c1-19(2,3)15-9-14(10-16(18(15)25)20(4,5)6)7-8-17(24)23-12-21-11-22-13-23/h9-10,21-22,25H,7-8,11-13H2,1-6H3. The Balaban J connectivity index is 2.23. The van der Waals surface area contributed by atoms with Crippen LogP contribution in [0.2, 0.25) is 0 Å². The molecule has 5 heteroatoms. The van der Waals surface area contributed by atoms with E-state index >= 15 is 0 Å². The van der Waals surface area contributed by atoms with Gasteiger partial charge >= 0.3 is 0 Å². The minimum absolute atomic E-state index is 0.141. The van der Waals surface area contributed by atoms with Crippen molar-refractivity contribution in [2.24, 2.45) is 0 Å². The van der Waals surface area contributed by atoms with E-state index < -0.39 is 0 Å². The van der Waals surface area contributed by atoms with Gasteiger partial charge in [0.2, 0.25) is 5.91 Å². The van der Waals surface area contributed by atoms with Crippen molar-refractivity contribution in [3.8, 4) is 5.75 Å². The lowest BCUT2D eigenvalue weighted by Crippen LogP contribution is -2.52. The van der Waals surface area contributed by atoms with Crippen LogP contribution in [-0.4, -0.2) is 35.9 Å². The third-order valence-electron chi connectivity index (χ3n) is 4.62. The van der Waals surface area contributed by atoms with Crippen LogP contribution in [0, 0.1) is 0 Å². The van der Waals surface area contributed by atoms with Crippen LogP contribution in [0.15, 0.2) is 12.1 Å².